The first kappa shape index (κ1) is 18.2. The second-order valence-electron chi connectivity index (χ2n) is 5.87. The van der Waals surface area contributed by atoms with Gasteiger partial charge in [-0.05, 0) is 37.8 Å². The Morgan fingerprint density at radius 1 is 1.00 bits per heavy atom. The molecule has 0 aliphatic heterocycles. The third-order valence-electron chi connectivity index (χ3n) is 3.30. The third kappa shape index (κ3) is 5.88. The maximum Gasteiger partial charge on any atom is 0.339 e. The molecule has 0 bridgehead atoms. The molecule has 0 amide bonds. The van der Waals surface area contributed by atoms with Crippen LogP contribution in [0.2, 0.25) is 0 Å². The van der Waals surface area contributed by atoms with Crippen LogP contribution in [0, 0.1) is 5.92 Å². The molecule has 4 heteroatoms. The van der Waals surface area contributed by atoms with Crippen LogP contribution < -0.4 is 0 Å². The van der Waals surface area contributed by atoms with Gasteiger partial charge in [0.25, 0.3) is 0 Å². The molecule has 0 heterocycles. The number of esters is 2. The summed E-state index contributed by atoms with van der Waals surface area (Å²) < 4.78 is 10.6. The minimum Gasteiger partial charge on any atom is -0.462 e. The zero-order valence-electron chi connectivity index (χ0n) is 13.9. The Morgan fingerprint density at radius 2 is 1.59 bits per heavy atom. The van der Waals surface area contributed by atoms with E-state index in [9.17, 15) is 9.59 Å². The molecule has 4 nitrogen and oxygen atoms in total. The predicted octanol–water partition coefficient (Wildman–Crippen LogP) is 4.23. The Labute approximate surface area is 132 Å². The Morgan fingerprint density at radius 3 is 2.14 bits per heavy atom. The molecule has 0 aliphatic carbocycles. The van der Waals surface area contributed by atoms with E-state index in [-0.39, 0.29) is 17.2 Å². The number of rotatable bonds is 8. The molecule has 122 valence electrons. The normalized spacial score (nSPS) is 12.0. The minimum absolute atomic E-state index is 0.164. The lowest BCUT2D eigenvalue weighted by Crippen LogP contribution is -2.18. The molecule has 0 radical (unpaired) electrons. The van der Waals surface area contributed by atoms with Gasteiger partial charge in [-0.1, -0.05) is 39.3 Å². The zero-order chi connectivity index (χ0) is 16.5. The molecule has 0 spiro atoms. The monoisotopic (exact) mass is 306 g/mol. The molecular weight excluding hydrogens is 280 g/mol. The van der Waals surface area contributed by atoms with Gasteiger partial charge < -0.3 is 9.47 Å². The number of hydrogen-bond donors (Lipinski definition) is 0. The second-order valence-corrected chi connectivity index (χ2v) is 5.87. The van der Waals surface area contributed by atoms with E-state index in [0.717, 1.165) is 19.3 Å². The summed E-state index contributed by atoms with van der Waals surface area (Å²) in [6, 6.07) is 6.62. The number of benzene rings is 1. The highest BCUT2D eigenvalue weighted by molar-refractivity contribution is 6.03. The number of ether oxygens (including phenoxy) is 2. The lowest BCUT2D eigenvalue weighted by molar-refractivity contribution is 0.0310. The molecule has 0 fully saturated rings. The average molecular weight is 306 g/mol. The van der Waals surface area contributed by atoms with Crippen LogP contribution in [0.3, 0.4) is 0 Å². The maximum absolute atomic E-state index is 12.2. The summed E-state index contributed by atoms with van der Waals surface area (Å²) in [6.07, 6.45) is 2.37. The van der Waals surface area contributed by atoms with Gasteiger partial charge >= 0.3 is 11.9 Å². The summed E-state index contributed by atoms with van der Waals surface area (Å²) >= 11 is 0. The molecular formula is C18H26O4. The quantitative estimate of drug-likeness (QED) is 0.674. The Kier molecular flexibility index (Phi) is 7.64. The first-order valence-electron chi connectivity index (χ1n) is 7.92. The van der Waals surface area contributed by atoms with E-state index in [1.807, 2.05) is 13.8 Å². The molecule has 1 atom stereocenters. The summed E-state index contributed by atoms with van der Waals surface area (Å²) in [6.45, 7) is 8.37. The van der Waals surface area contributed by atoms with Gasteiger partial charge in [-0.3, -0.25) is 0 Å². The van der Waals surface area contributed by atoms with Crippen molar-refractivity contribution in [3.63, 3.8) is 0 Å². The van der Waals surface area contributed by atoms with Gasteiger partial charge in [0.15, 0.2) is 0 Å². The average Bonchev–Trinajstić information content (AvgIpc) is 2.46. The summed E-state index contributed by atoms with van der Waals surface area (Å²) in [5, 5.41) is 0. The molecule has 0 N–H and O–H groups in total. The van der Waals surface area contributed by atoms with Crippen LogP contribution >= 0.6 is 0 Å². The van der Waals surface area contributed by atoms with Gasteiger partial charge in [-0.25, -0.2) is 9.59 Å². The number of hydrogen-bond acceptors (Lipinski definition) is 4. The highest BCUT2D eigenvalue weighted by Gasteiger charge is 2.20. The zero-order valence-corrected chi connectivity index (χ0v) is 13.9. The second kappa shape index (κ2) is 9.23. The van der Waals surface area contributed by atoms with Gasteiger partial charge in [0, 0.05) is 0 Å². The van der Waals surface area contributed by atoms with Crippen molar-refractivity contribution in [1.82, 2.24) is 0 Å². The van der Waals surface area contributed by atoms with Crippen LogP contribution in [0.1, 0.15) is 67.7 Å². The van der Waals surface area contributed by atoms with Crippen LogP contribution in [0.4, 0.5) is 0 Å². The van der Waals surface area contributed by atoms with E-state index < -0.39 is 11.9 Å². The Balaban J connectivity index is 2.76. The van der Waals surface area contributed by atoms with Gasteiger partial charge in [-0.15, -0.1) is 0 Å². The molecule has 0 aliphatic rings. The minimum atomic E-state index is -0.476. The van der Waals surface area contributed by atoms with Gasteiger partial charge in [0.1, 0.15) is 0 Å². The largest absolute Gasteiger partial charge is 0.462 e. The van der Waals surface area contributed by atoms with Gasteiger partial charge in [0.2, 0.25) is 0 Å². The van der Waals surface area contributed by atoms with Crippen molar-refractivity contribution in [2.24, 2.45) is 5.92 Å². The Bertz CT molecular complexity index is 494. The highest BCUT2D eigenvalue weighted by Crippen LogP contribution is 2.14. The maximum atomic E-state index is 12.2. The Hall–Kier alpha value is -1.84. The predicted molar refractivity (Wildman–Crippen MR) is 86.0 cm³/mol. The van der Waals surface area contributed by atoms with E-state index in [1.54, 1.807) is 24.3 Å². The molecule has 0 unspecified atom stereocenters. The fourth-order valence-electron chi connectivity index (χ4n) is 2.02. The van der Waals surface area contributed by atoms with Crippen molar-refractivity contribution >= 4 is 11.9 Å². The number of carbonyl (C=O) groups excluding carboxylic acids is 2. The molecule has 1 aromatic rings. The van der Waals surface area contributed by atoms with E-state index >= 15 is 0 Å². The van der Waals surface area contributed by atoms with Crippen LogP contribution in [0.5, 0.6) is 0 Å². The standard InChI is InChI=1S/C18H26O4/c1-5-8-14(4)22-18(20)16-10-7-6-9-15(16)17(19)21-12-11-13(2)3/h6-7,9-10,13-14H,5,8,11-12H2,1-4H3/t14-/m1/s1. The van der Waals surface area contributed by atoms with E-state index in [4.69, 9.17) is 9.47 Å². The fourth-order valence-corrected chi connectivity index (χ4v) is 2.02. The van der Waals surface area contributed by atoms with Crippen LogP contribution in [-0.2, 0) is 9.47 Å². The van der Waals surface area contributed by atoms with Crippen molar-refractivity contribution in [3.05, 3.63) is 35.4 Å². The molecule has 0 saturated heterocycles. The third-order valence-corrected chi connectivity index (χ3v) is 3.30. The van der Waals surface area contributed by atoms with Crippen LogP contribution in [0.25, 0.3) is 0 Å². The van der Waals surface area contributed by atoms with Gasteiger partial charge in [-0.2, -0.15) is 0 Å². The number of carbonyl (C=O) groups is 2. The summed E-state index contributed by atoms with van der Waals surface area (Å²) in [4.78, 5) is 24.3. The first-order valence-corrected chi connectivity index (χ1v) is 7.92. The lowest BCUT2D eigenvalue weighted by atomic mass is 10.1. The van der Waals surface area contributed by atoms with Crippen molar-refractivity contribution in [3.8, 4) is 0 Å². The van der Waals surface area contributed by atoms with Crippen molar-refractivity contribution in [2.75, 3.05) is 6.61 Å². The molecule has 0 saturated carbocycles. The van der Waals surface area contributed by atoms with Crippen LogP contribution in [0.15, 0.2) is 24.3 Å². The van der Waals surface area contributed by atoms with Crippen LogP contribution in [-0.4, -0.2) is 24.6 Å². The SMILES string of the molecule is CCC[C@@H](C)OC(=O)c1ccccc1C(=O)OCCC(C)C. The fraction of sp³-hybridized carbons (Fsp3) is 0.556. The first-order chi connectivity index (χ1) is 10.5. The van der Waals surface area contributed by atoms with Gasteiger partial charge in [0.05, 0.1) is 23.8 Å². The molecule has 0 aromatic heterocycles. The molecule has 22 heavy (non-hydrogen) atoms. The van der Waals surface area contributed by atoms with Crippen molar-refractivity contribution in [1.29, 1.82) is 0 Å². The lowest BCUT2D eigenvalue weighted by Gasteiger charge is -2.14. The highest BCUT2D eigenvalue weighted by atomic mass is 16.5. The van der Waals surface area contributed by atoms with E-state index in [1.165, 1.54) is 0 Å². The van der Waals surface area contributed by atoms with Crippen molar-refractivity contribution < 1.29 is 19.1 Å². The smallest absolute Gasteiger partial charge is 0.339 e. The van der Waals surface area contributed by atoms with E-state index in [2.05, 4.69) is 13.8 Å². The summed E-state index contributed by atoms with van der Waals surface area (Å²) in [7, 11) is 0. The molecule has 1 aromatic carbocycles. The van der Waals surface area contributed by atoms with Crippen molar-refractivity contribution in [2.45, 2.75) is 53.1 Å². The topological polar surface area (TPSA) is 52.6 Å². The summed E-state index contributed by atoms with van der Waals surface area (Å²) in [5.41, 5.74) is 0.528. The molecule has 1 rings (SSSR count). The van der Waals surface area contributed by atoms with E-state index in [0.29, 0.717) is 12.5 Å². The summed E-state index contributed by atoms with van der Waals surface area (Å²) in [5.74, 6) is -0.489.